The molecule has 2 fully saturated rings. The number of thiazole rings is 2. The van der Waals surface area contributed by atoms with E-state index in [-0.39, 0.29) is 52.8 Å². The van der Waals surface area contributed by atoms with Crippen LogP contribution in [-0.2, 0) is 32.1 Å². The van der Waals surface area contributed by atoms with Crippen LogP contribution in [0, 0.1) is 29.6 Å². The average molecular weight is 899 g/mol. The second-order valence-corrected chi connectivity index (χ2v) is 21.3. The van der Waals surface area contributed by atoms with E-state index >= 15 is 0 Å². The summed E-state index contributed by atoms with van der Waals surface area (Å²) in [5.41, 5.74) is 6.20. The molecule has 0 radical (unpaired) electrons. The number of anilines is 2. The van der Waals surface area contributed by atoms with Gasteiger partial charge in [0.15, 0.2) is 16.0 Å². The van der Waals surface area contributed by atoms with Crippen LogP contribution in [0.1, 0.15) is 132 Å². The topological polar surface area (TPSA) is 126 Å². The molecule has 2 saturated heterocycles. The van der Waals surface area contributed by atoms with E-state index in [9.17, 15) is 14.4 Å². The van der Waals surface area contributed by atoms with E-state index < -0.39 is 12.0 Å². The van der Waals surface area contributed by atoms with E-state index in [0.717, 1.165) is 49.6 Å². The molecular formula is C50H70N6O5S2. The van der Waals surface area contributed by atoms with Gasteiger partial charge in [0.25, 0.3) is 0 Å². The van der Waals surface area contributed by atoms with Crippen LogP contribution < -0.4 is 10.6 Å². The Kier molecular flexibility index (Phi) is 16.1. The Morgan fingerprint density at radius 3 is 1.78 bits per heavy atom. The molecule has 6 rings (SSSR count). The quantitative estimate of drug-likeness (QED) is 0.0742. The molecule has 11 nitrogen and oxygen atoms in total. The van der Waals surface area contributed by atoms with Crippen LogP contribution in [0.5, 0.6) is 0 Å². The van der Waals surface area contributed by atoms with Crippen molar-refractivity contribution in [3.8, 4) is 0 Å². The number of carbonyl (C=O) groups excluding carboxylic acids is 3. The number of benzene rings is 2. The molecule has 0 spiro atoms. The molecule has 4 aromatic rings. The lowest BCUT2D eigenvalue weighted by molar-refractivity contribution is -0.137. The maximum atomic E-state index is 14.0. The number of esters is 1. The highest BCUT2D eigenvalue weighted by atomic mass is 32.1. The highest BCUT2D eigenvalue weighted by Gasteiger charge is 2.42. The van der Waals surface area contributed by atoms with E-state index in [1.54, 1.807) is 12.3 Å². The van der Waals surface area contributed by atoms with Crippen molar-refractivity contribution in [1.29, 1.82) is 0 Å². The second kappa shape index (κ2) is 21.1. The average Bonchev–Trinajstić information content (AvgIpc) is 3.91. The maximum absolute atomic E-state index is 14.0. The number of hydrogen-bond donors (Lipinski definition) is 2. The Morgan fingerprint density at radius 1 is 0.762 bits per heavy atom. The molecule has 2 aliphatic heterocycles. The molecule has 4 atom stereocenters. The largest absolute Gasteiger partial charge is 0.461 e. The van der Waals surface area contributed by atoms with Gasteiger partial charge in [0.2, 0.25) is 11.8 Å². The molecule has 342 valence electrons. The van der Waals surface area contributed by atoms with Gasteiger partial charge in [-0.25, -0.2) is 14.8 Å². The summed E-state index contributed by atoms with van der Waals surface area (Å²) >= 11 is 2.84. The molecule has 2 aromatic heterocycles. The summed E-state index contributed by atoms with van der Waals surface area (Å²) in [6.45, 7) is 25.4. The molecule has 2 aliphatic rings. The van der Waals surface area contributed by atoms with Crippen LogP contribution in [0.25, 0.3) is 0 Å². The normalized spacial score (nSPS) is 19.5. The Morgan fingerprint density at radius 2 is 1.27 bits per heavy atom. The first kappa shape index (κ1) is 48.1. The fraction of sp³-hybridized carbons (Fsp3) is 0.580. The monoisotopic (exact) mass is 898 g/mol. The first-order chi connectivity index (χ1) is 29.9. The fourth-order valence-electron chi connectivity index (χ4n) is 9.36. The zero-order valence-corrected chi connectivity index (χ0v) is 40.8. The number of carbonyl (C=O) groups is 3. The highest BCUT2D eigenvalue weighted by Crippen LogP contribution is 2.44. The Balaban J connectivity index is 0.930. The number of aromatic nitrogens is 2. The molecule has 2 unspecified atom stereocenters. The summed E-state index contributed by atoms with van der Waals surface area (Å²) in [4.78, 5) is 53.2. The predicted octanol–water partition coefficient (Wildman–Crippen LogP) is 10.2. The minimum atomic E-state index is -0.456. The Hall–Kier alpha value is -4.33. The molecule has 2 aromatic carbocycles. The summed E-state index contributed by atoms with van der Waals surface area (Å²) in [5.74, 6) is 0.647. The Labute approximate surface area is 383 Å². The van der Waals surface area contributed by atoms with Gasteiger partial charge in [-0.3, -0.25) is 9.59 Å². The van der Waals surface area contributed by atoms with Crippen molar-refractivity contribution in [3.63, 3.8) is 0 Å². The van der Waals surface area contributed by atoms with Gasteiger partial charge < -0.3 is 29.9 Å². The maximum Gasteiger partial charge on any atom is 0.357 e. The van der Waals surface area contributed by atoms with Gasteiger partial charge in [-0.05, 0) is 90.7 Å². The fourth-order valence-corrected chi connectivity index (χ4v) is 10.8. The third kappa shape index (κ3) is 12.3. The van der Waals surface area contributed by atoms with Gasteiger partial charge in [-0.15, -0.1) is 22.7 Å². The van der Waals surface area contributed by atoms with Crippen molar-refractivity contribution in [2.75, 3.05) is 50.0 Å². The minimum absolute atomic E-state index is 0.0260. The van der Waals surface area contributed by atoms with E-state index in [4.69, 9.17) is 14.5 Å². The van der Waals surface area contributed by atoms with Crippen LogP contribution in [0.3, 0.4) is 0 Å². The number of amides is 2. The first-order valence-electron chi connectivity index (χ1n) is 22.9. The van der Waals surface area contributed by atoms with Crippen LogP contribution in [0.2, 0.25) is 0 Å². The molecule has 2 N–H and O–H groups in total. The molecule has 13 heteroatoms. The molecule has 4 heterocycles. The van der Waals surface area contributed by atoms with Gasteiger partial charge in [0.05, 0.1) is 18.9 Å². The summed E-state index contributed by atoms with van der Waals surface area (Å²) in [6.07, 6.45) is 3.66. The molecule has 0 bridgehead atoms. The van der Waals surface area contributed by atoms with Crippen LogP contribution >= 0.6 is 22.7 Å². The first-order valence-corrected chi connectivity index (χ1v) is 24.6. The number of ether oxygens (including phenoxy) is 2. The highest BCUT2D eigenvalue weighted by molar-refractivity contribution is 7.14. The molecule has 0 aliphatic carbocycles. The number of aryl methyl sites for hydroxylation is 2. The smallest absolute Gasteiger partial charge is 0.357 e. The summed E-state index contributed by atoms with van der Waals surface area (Å²) < 4.78 is 11.2. The zero-order valence-electron chi connectivity index (χ0n) is 39.2. The Bertz CT molecular complexity index is 2130. The van der Waals surface area contributed by atoms with Gasteiger partial charge in [0.1, 0.15) is 12.1 Å². The van der Waals surface area contributed by atoms with E-state index in [0.29, 0.717) is 43.3 Å². The van der Waals surface area contributed by atoms with Crippen molar-refractivity contribution in [1.82, 2.24) is 19.8 Å². The zero-order chi connectivity index (χ0) is 45.5. The predicted molar refractivity (Wildman–Crippen MR) is 256 cm³/mol. The van der Waals surface area contributed by atoms with E-state index in [2.05, 4.69) is 118 Å². The van der Waals surface area contributed by atoms with Crippen molar-refractivity contribution in [2.24, 2.45) is 22.7 Å². The van der Waals surface area contributed by atoms with Gasteiger partial charge >= 0.3 is 5.97 Å². The number of nitrogens with zero attached hydrogens (tertiary/aromatic N) is 4. The van der Waals surface area contributed by atoms with Crippen molar-refractivity contribution >= 4 is 50.7 Å². The summed E-state index contributed by atoms with van der Waals surface area (Å²) in [7, 11) is 0. The SMILES string of the molecule is CCOC(=O)c1csc(N[C@@H](C(=O)N2CCC(c3ccc(CCCOCc4csc(N[C@@H](C(=O)N5CCC(c6ccc(C)cc6)C(C)(C)C5)C(C)C)n4)cc3)C(C)(C)C2)C(C)C)n1. The van der Waals surface area contributed by atoms with Crippen molar-refractivity contribution in [2.45, 2.75) is 125 Å². The number of likely N-dealkylation sites (tertiary alicyclic amines) is 2. The standard InChI is InChI=1S/C50H70N6O5S2/c1-11-61-46(59)41-29-63-48(52-41)54-43(33(4)5)45(58)56-25-23-40(50(9,10)31-56)37-20-16-35(17-21-37)13-12-26-60-27-38-28-62-47(51-38)53-42(32(2)3)44(57)55-24-22-39(49(7,8)30-55)36-18-14-34(6)15-19-36/h14-21,28-29,32-33,39-40,42-43H,11-13,22-27,30-31H2,1-10H3,(H,51,53)(H,52,54)/t39?,40?,42-,43-/m1/s1. The molecule has 63 heavy (non-hydrogen) atoms. The van der Waals surface area contributed by atoms with Crippen LogP contribution in [0.15, 0.2) is 59.3 Å². The van der Waals surface area contributed by atoms with Crippen LogP contribution in [0.4, 0.5) is 10.3 Å². The second-order valence-electron chi connectivity index (χ2n) is 19.6. The van der Waals surface area contributed by atoms with Crippen LogP contribution in [-0.4, -0.2) is 89.0 Å². The number of piperidine rings is 2. The number of nitrogens with one attached hydrogen (secondary N) is 2. The lowest BCUT2D eigenvalue weighted by Crippen LogP contribution is -2.53. The van der Waals surface area contributed by atoms with Gasteiger partial charge in [0, 0.05) is 43.5 Å². The van der Waals surface area contributed by atoms with Gasteiger partial charge in [-0.2, -0.15) is 0 Å². The summed E-state index contributed by atoms with van der Waals surface area (Å²) in [5, 5.41) is 11.8. The lowest BCUT2D eigenvalue weighted by atomic mass is 9.70. The van der Waals surface area contributed by atoms with Crippen molar-refractivity contribution < 1.29 is 23.9 Å². The molecule has 2 amide bonds. The lowest BCUT2D eigenvalue weighted by Gasteiger charge is -2.45. The summed E-state index contributed by atoms with van der Waals surface area (Å²) in [6, 6.07) is 17.1. The van der Waals surface area contributed by atoms with E-state index in [1.807, 2.05) is 24.1 Å². The van der Waals surface area contributed by atoms with Crippen molar-refractivity contribution in [3.05, 3.63) is 92.9 Å². The number of rotatable bonds is 18. The third-order valence-electron chi connectivity index (χ3n) is 12.9. The molecular weight excluding hydrogens is 829 g/mol. The minimum Gasteiger partial charge on any atom is -0.461 e. The van der Waals surface area contributed by atoms with E-state index in [1.165, 1.54) is 44.9 Å². The third-order valence-corrected chi connectivity index (χ3v) is 14.5. The molecule has 0 saturated carbocycles. The van der Waals surface area contributed by atoms with Gasteiger partial charge in [-0.1, -0.05) is 109 Å². The number of hydrogen-bond acceptors (Lipinski definition) is 11.